The normalized spacial score (nSPS) is 10.8. The predicted octanol–water partition coefficient (Wildman–Crippen LogP) is 4.22. The molecule has 4 aromatic rings. The fourth-order valence-corrected chi connectivity index (χ4v) is 2.90. The maximum Gasteiger partial charge on any atom is 0.416 e. The molecule has 0 bridgehead atoms. The summed E-state index contributed by atoms with van der Waals surface area (Å²) >= 11 is 0. The lowest BCUT2D eigenvalue weighted by Crippen LogP contribution is -2.34. The lowest BCUT2D eigenvalue weighted by Gasteiger charge is -2.21. The van der Waals surface area contributed by atoms with Crippen molar-refractivity contribution in [1.82, 2.24) is 19.6 Å². The molecule has 3 aromatic heterocycles. The van der Waals surface area contributed by atoms with Gasteiger partial charge in [0.25, 0.3) is 5.88 Å². The molecule has 1 amide bonds. The van der Waals surface area contributed by atoms with Crippen LogP contribution < -0.4 is 4.74 Å². The fourth-order valence-electron chi connectivity index (χ4n) is 2.90. The van der Waals surface area contributed by atoms with E-state index in [2.05, 4.69) is 10.1 Å². The first-order chi connectivity index (χ1) is 14.3. The van der Waals surface area contributed by atoms with Gasteiger partial charge >= 0.3 is 6.09 Å². The van der Waals surface area contributed by atoms with Crippen molar-refractivity contribution in [3.63, 3.8) is 0 Å². The third kappa shape index (κ3) is 4.92. The van der Waals surface area contributed by atoms with Crippen molar-refractivity contribution < 1.29 is 18.5 Å². The van der Waals surface area contributed by atoms with Gasteiger partial charge in [-0.15, -0.1) is 0 Å². The maximum absolute atomic E-state index is 12.8. The first kappa shape index (κ1) is 18.5. The van der Waals surface area contributed by atoms with Crippen LogP contribution >= 0.6 is 0 Å². The van der Waals surface area contributed by atoms with Crippen molar-refractivity contribution in [3.8, 4) is 17.4 Å². The lowest BCUT2D eigenvalue weighted by molar-refractivity contribution is 0.144. The van der Waals surface area contributed by atoms with E-state index in [4.69, 9.17) is 13.7 Å². The predicted molar refractivity (Wildman–Crippen MR) is 104 cm³/mol. The number of hydrogen-bond acceptors (Lipinski definition) is 6. The van der Waals surface area contributed by atoms with Crippen LogP contribution in [0.5, 0.6) is 5.88 Å². The summed E-state index contributed by atoms with van der Waals surface area (Å²) in [5, 5.41) is 3.81. The van der Waals surface area contributed by atoms with Crippen LogP contribution in [0.3, 0.4) is 0 Å². The van der Waals surface area contributed by atoms with Gasteiger partial charge in [-0.2, -0.15) is 0 Å². The number of imidazole rings is 1. The molecule has 0 aliphatic carbocycles. The second-order valence-corrected chi connectivity index (χ2v) is 6.44. The van der Waals surface area contributed by atoms with E-state index in [1.54, 1.807) is 29.6 Å². The van der Waals surface area contributed by atoms with Crippen molar-refractivity contribution in [1.29, 1.82) is 0 Å². The van der Waals surface area contributed by atoms with Crippen molar-refractivity contribution in [2.24, 2.45) is 0 Å². The van der Waals surface area contributed by atoms with Gasteiger partial charge in [-0.25, -0.2) is 9.78 Å². The van der Waals surface area contributed by atoms with Crippen LogP contribution in [0, 0.1) is 0 Å². The highest BCUT2D eigenvalue weighted by Gasteiger charge is 2.19. The summed E-state index contributed by atoms with van der Waals surface area (Å²) < 4.78 is 17.9. The van der Waals surface area contributed by atoms with Gasteiger partial charge < -0.3 is 23.1 Å². The number of carbonyl (C=O) groups is 1. The summed E-state index contributed by atoms with van der Waals surface area (Å²) in [6.07, 6.45) is 7.19. The highest BCUT2D eigenvalue weighted by atomic mass is 16.6. The Kier molecular flexibility index (Phi) is 5.70. The highest BCUT2D eigenvalue weighted by molar-refractivity contribution is 5.70. The SMILES string of the molecule is O=C(Oc1cc(-c2ccco2)on1)N(CCCn1ccnc1)Cc1ccccc1. The Morgan fingerprint density at radius 1 is 1.14 bits per heavy atom. The Morgan fingerprint density at radius 2 is 2.03 bits per heavy atom. The molecular formula is C21H20N4O4. The van der Waals surface area contributed by atoms with E-state index in [1.807, 2.05) is 41.1 Å². The van der Waals surface area contributed by atoms with Gasteiger partial charge in [0.15, 0.2) is 5.76 Å². The molecule has 0 N–H and O–H groups in total. The summed E-state index contributed by atoms with van der Waals surface area (Å²) in [6, 6.07) is 14.8. The largest absolute Gasteiger partial charge is 0.461 e. The van der Waals surface area contributed by atoms with Crippen LogP contribution in [-0.2, 0) is 13.1 Å². The molecule has 3 heterocycles. The minimum absolute atomic E-state index is 0.0917. The Morgan fingerprint density at radius 3 is 2.79 bits per heavy atom. The van der Waals surface area contributed by atoms with Crippen molar-refractivity contribution in [3.05, 3.63) is 79.1 Å². The molecule has 0 fully saturated rings. The molecule has 0 atom stereocenters. The van der Waals surface area contributed by atoms with Crippen LogP contribution in [0.15, 0.2) is 82.5 Å². The second-order valence-electron chi connectivity index (χ2n) is 6.44. The number of carbonyl (C=O) groups excluding carboxylic acids is 1. The number of ether oxygens (including phenoxy) is 1. The zero-order valence-corrected chi connectivity index (χ0v) is 15.7. The molecule has 8 nitrogen and oxygen atoms in total. The van der Waals surface area contributed by atoms with Gasteiger partial charge in [-0.05, 0) is 29.3 Å². The van der Waals surface area contributed by atoms with E-state index in [0.29, 0.717) is 24.6 Å². The molecule has 0 saturated carbocycles. The van der Waals surface area contributed by atoms with E-state index in [-0.39, 0.29) is 5.88 Å². The number of nitrogens with zero attached hydrogens (tertiary/aromatic N) is 4. The van der Waals surface area contributed by atoms with Crippen LogP contribution in [0.2, 0.25) is 0 Å². The monoisotopic (exact) mass is 392 g/mol. The standard InChI is InChI=1S/C21H20N4O4/c26-21(28-20-14-19(29-23-20)18-8-4-13-27-18)25(15-17-6-2-1-3-7-17)11-5-10-24-12-9-22-16-24/h1-4,6-9,12-14,16H,5,10-11,15H2. The molecule has 0 aliphatic rings. The van der Waals surface area contributed by atoms with Crippen LogP contribution in [0.1, 0.15) is 12.0 Å². The quantitative estimate of drug-likeness (QED) is 0.446. The highest BCUT2D eigenvalue weighted by Crippen LogP contribution is 2.24. The molecule has 0 radical (unpaired) electrons. The zero-order chi connectivity index (χ0) is 19.9. The average molecular weight is 392 g/mol. The van der Waals surface area contributed by atoms with Crippen LogP contribution in [-0.4, -0.2) is 32.2 Å². The molecule has 0 saturated heterocycles. The number of amides is 1. The number of aromatic nitrogens is 3. The first-order valence-corrected chi connectivity index (χ1v) is 9.25. The molecule has 1 aromatic carbocycles. The zero-order valence-electron chi connectivity index (χ0n) is 15.7. The first-order valence-electron chi connectivity index (χ1n) is 9.25. The average Bonchev–Trinajstić information content (AvgIpc) is 3.50. The molecule has 148 valence electrons. The lowest BCUT2D eigenvalue weighted by atomic mass is 10.2. The Bertz CT molecular complexity index is 1010. The van der Waals surface area contributed by atoms with Gasteiger partial charge in [-0.3, -0.25) is 0 Å². The van der Waals surface area contributed by atoms with Gasteiger partial charge in [0, 0.05) is 32.0 Å². The minimum atomic E-state index is -0.487. The number of furan rings is 1. The third-order valence-corrected chi connectivity index (χ3v) is 4.32. The topological polar surface area (TPSA) is 86.5 Å². The Labute approximate surface area is 167 Å². The molecular weight excluding hydrogens is 372 g/mol. The van der Waals surface area contributed by atoms with Crippen LogP contribution in [0.4, 0.5) is 4.79 Å². The third-order valence-electron chi connectivity index (χ3n) is 4.32. The number of rotatable bonds is 8. The van der Waals surface area contributed by atoms with Crippen LogP contribution in [0.25, 0.3) is 11.5 Å². The maximum atomic E-state index is 12.8. The van der Waals surface area contributed by atoms with Gasteiger partial charge in [-0.1, -0.05) is 30.3 Å². The number of aryl methyl sites for hydroxylation is 1. The van der Waals surface area contributed by atoms with E-state index >= 15 is 0 Å². The molecule has 4 rings (SSSR count). The number of benzene rings is 1. The Hall–Kier alpha value is -3.81. The fraction of sp³-hybridized carbons (Fsp3) is 0.190. The van der Waals surface area contributed by atoms with E-state index < -0.39 is 6.09 Å². The summed E-state index contributed by atoms with van der Waals surface area (Å²) in [5.41, 5.74) is 1.02. The number of hydrogen-bond donors (Lipinski definition) is 0. The molecule has 29 heavy (non-hydrogen) atoms. The summed E-state index contributed by atoms with van der Waals surface area (Å²) in [6.45, 7) is 1.71. The smallest absolute Gasteiger partial charge is 0.416 e. The van der Waals surface area contributed by atoms with E-state index in [0.717, 1.165) is 18.5 Å². The molecule has 0 spiro atoms. The van der Waals surface area contributed by atoms with Crippen molar-refractivity contribution >= 4 is 6.09 Å². The van der Waals surface area contributed by atoms with E-state index in [1.165, 1.54) is 12.3 Å². The van der Waals surface area contributed by atoms with Crippen molar-refractivity contribution in [2.45, 2.75) is 19.5 Å². The molecule has 8 heteroatoms. The van der Waals surface area contributed by atoms with Gasteiger partial charge in [0.1, 0.15) is 0 Å². The molecule has 0 aliphatic heterocycles. The summed E-state index contributed by atoms with van der Waals surface area (Å²) in [5.74, 6) is 1.00. The van der Waals surface area contributed by atoms with Crippen molar-refractivity contribution in [2.75, 3.05) is 6.54 Å². The second kappa shape index (κ2) is 8.92. The minimum Gasteiger partial charge on any atom is -0.461 e. The summed E-state index contributed by atoms with van der Waals surface area (Å²) in [7, 11) is 0. The Balaban J connectivity index is 1.41. The van der Waals surface area contributed by atoms with Gasteiger partial charge in [0.2, 0.25) is 5.76 Å². The summed E-state index contributed by atoms with van der Waals surface area (Å²) in [4.78, 5) is 18.5. The molecule has 0 unspecified atom stereocenters. The van der Waals surface area contributed by atoms with E-state index in [9.17, 15) is 4.79 Å². The van der Waals surface area contributed by atoms with Gasteiger partial charge in [0.05, 0.1) is 18.7 Å².